The highest BCUT2D eigenvalue weighted by atomic mass is 79.9. The molecule has 0 unspecified atom stereocenters. The number of ether oxygens (including phenoxy) is 1. The van der Waals surface area contributed by atoms with Crippen molar-refractivity contribution >= 4 is 27.7 Å². The van der Waals surface area contributed by atoms with Crippen LogP contribution in [-0.4, -0.2) is 42.5 Å². The van der Waals surface area contributed by atoms with Crippen molar-refractivity contribution in [3.8, 4) is 5.75 Å². The molecular formula is C27H37BrN2O3. The van der Waals surface area contributed by atoms with Gasteiger partial charge < -0.3 is 15.0 Å². The van der Waals surface area contributed by atoms with Crippen molar-refractivity contribution in [2.24, 2.45) is 5.92 Å². The smallest absolute Gasteiger partial charge is 0.261 e. The highest BCUT2D eigenvalue weighted by Gasteiger charge is 2.26. The van der Waals surface area contributed by atoms with Crippen molar-refractivity contribution in [2.45, 2.75) is 59.4 Å². The van der Waals surface area contributed by atoms with Gasteiger partial charge in [0.15, 0.2) is 6.61 Å². The molecule has 0 aliphatic heterocycles. The third-order valence-corrected chi connectivity index (χ3v) is 6.10. The molecule has 0 heterocycles. The van der Waals surface area contributed by atoms with Crippen LogP contribution in [0.15, 0.2) is 53.0 Å². The molecule has 0 saturated carbocycles. The molecule has 0 saturated heterocycles. The Balaban J connectivity index is 2.10. The number of carbonyl (C=O) groups is 2. The summed E-state index contributed by atoms with van der Waals surface area (Å²) in [5, 5.41) is 2.94. The lowest BCUT2D eigenvalue weighted by Gasteiger charge is -2.29. The Labute approximate surface area is 207 Å². The van der Waals surface area contributed by atoms with E-state index in [1.165, 1.54) is 5.56 Å². The fourth-order valence-electron chi connectivity index (χ4n) is 3.33. The summed E-state index contributed by atoms with van der Waals surface area (Å²) in [4.78, 5) is 27.5. The lowest BCUT2D eigenvalue weighted by atomic mass is 9.87. The second-order valence-electron chi connectivity index (χ2n) is 9.82. The van der Waals surface area contributed by atoms with Gasteiger partial charge in [-0.1, -0.05) is 71.0 Å². The van der Waals surface area contributed by atoms with E-state index in [2.05, 4.69) is 42.0 Å². The van der Waals surface area contributed by atoms with Gasteiger partial charge in [0.2, 0.25) is 5.91 Å². The van der Waals surface area contributed by atoms with Gasteiger partial charge in [-0.3, -0.25) is 9.59 Å². The molecule has 0 aliphatic carbocycles. The van der Waals surface area contributed by atoms with E-state index in [1.54, 1.807) is 11.8 Å². The fraction of sp³-hybridized carbons (Fsp3) is 0.481. The minimum atomic E-state index is -0.588. The molecule has 0 aromatic heterocycles. The monoisotopic (exact) mass is 516 g/mol. The Morgan fingerprint density at radius 3 is 2.30 bits per heavy atom. The fourth-order valence-corrected chi connectivity index (χ4v) is 3.82. The van der Waals surface area contributed by atoms with E-state index in [0.717, 1.165) is 10.0 Å². The standard InChI is InChI=1S/C27H37BrN2O3/c1-19(2)17-29-26(32)20(3)30(15-14-21-10-8-7-9-11-21)25(31)18-33-24-13-12-22(16-23(24)28)27(4,5)6/h7-13,16,19-20H,14-15,17-18H2,1-6H3,(H,29,32)/t20-/m0/s1. The van der Waals surface area contributed by atoms with E-state index < -0.39 is 6.04 Å². The molecule has 180 valence electrons. The number of benzene rings is 2. The van der Waals surface area contributed by atoms with Gasteiger partial charge in [-0.25, -0.2) is 0 Å². The average Bonchev–Trinajstić information content (AvgIpc) is 2.76. The van der Waals surface area contributed by atoms with Crippen LogP contribution in [-0.2, 0) is 21.4 Å². The third kappa shape index (κ3) is 8.50. The van der Waals surface area contributed by atoms with Crippen LogP contribution in [0.2, 0.25) is 0 Å². The Kier molecular flexibility index (Phi) is 9.96. The zero-order valence-corrected chi connectivity index (χ0v) is 22.2. The Bertz CT molecular complexity index is 923. The van der Waals surface area contributed by atoms with Crippen molar-refractivity contribution in [2.75, 3.05) is 19.7 Å². The molecule has 2 amide bonds. The average molecular weight is 518 g/mol. The van der Waals surface area contributed by atoms with Gasteiger partial charge in [-0.2, -0.15) is 0 Å². The first-order valence-corrected chi connectivity index (χ1v) is 12.3. The molecule has 6 heteroatoms. The molecule has 0 aliphatic rings. The minimum absolute atomic E-state index is 0.0177. The van der Waals surface area contributed by atoms with Crippen LogP contribution >= 0.6 is 15.9 Å². The van der Waals surface area contributed by atoms with Gasteiger partial charge in [-0.15, -0.1) is 0 Å². The number of nitrogens with one attached hydrogen (secondary N) is 1. The summed E-state index contributed by atoms with van der Waals surface area (Å²) in [7, 11) is 0. The molecule has 5 nitrogen and oxygen atoms in total. The second-order valence-corrected chi connectivity index (χ2v) is 10.7. The summed E-state index contributed by atoms with van der Waals surface area (Å²) in [6.45, 7) is 13.2. The van der Waals surface area contributed by atoms with Gasteiger partial charge in [0, 0.05) is 13.1 Å². The zero-order valence-electron chi connectivity index (χ0n) is 20.7. The molecule has 2 rings (SSSR count). The van der Waals surface area contributed by atoms with E-state index in [-0.39, 0.29) is 23.8 Å². The van der Waals surface area contributed by atoms with E-state index in [0.29, 0.717) is 31.2 Å². The van der Waals surface area contributed by atoms with Crippen molar-refractivity contribution in [3.05, 3.63) is 64.1 Å². The van der Waals surface area contributed by atoms with Crippen LogP contribution in [0.4, 0.5) is 0 Å². The van der Waals surface area contributed by atoms with E-state index >= 15 is 0 Å². The number of hydrogen-bond donors (Lipinski definition) is 1. The van der Waals surface area contributed by atoms with Gasteiger partial charge in [0.1, 0.15) is 11.8 Å². The zero-order chi connectivity index (χ0) is 24.6. The number of amides is 2. The number of nitrogens with zero attached hydrogens (tertiary/aromatic N) is 1. The van der Waals surface area contributed by atoms with Crippen LogP contribution < -0.4 is 10.1 Å². The Morgan fingerprint density at radius 2 is 1.73 bits per heavy atom. The number of rotatable bonds is 10. The van der Waals surface area contributed by atoms with Gasteiger partial charge in [-0.05, 0) is 63.9 Å². The highest BCUT2D eigenvalue weighted by molar-refractivity contribution is 9.10. The predicted octanol–water partition coefficient (Wildman–Crippen LogP) is 5.36. The summed E-state index contributed by atoms with van der Waals surface area (Å²) in [5.74, 6) is 0.577. The van der Waals surface area contributed by atoms with Crippen molar-refractivity contribution in [1.82, 2.24) is 10.2 Å². The molecule has 0 spiro atoms. The SMILES string of the molecule is CC(C)CNC(=O)[C@H](C)N(CCc1ccccc1)C(=O)COc1ccc(C(C)(C)C)cc1Br. The summed E-state index contributed by atoms with van der Waals surface area (Å²) in [6, 6.07) is 15.3. The number of hydrogen-bond acceptors (Lipinski definition) is 3. The van der Waals surface area contributed by atoms with Gasteiger partial charge in [0.25, 0.3) is 5.91 Å². The lowest BCUT2D eigenvalue weighted by molar-refractivity contribution is -0.141. The first kappa shape index (κ1) is 26.9. The van der Waals surface area contributed by atoms with Crippen molar-refractivity contribution in [1.29, 1.82) is 0 Å². The minimum Gasteiger partial charge on any atom is -0.483 e. The summed E-state index contributed by atoms with van der Waals surface area (Å²) in [5.41, 5.74) is 2.31. The van der Waals surface area contributed by atoms with Crippen molar-refractivity contribution in [3.63, 3.8) is 0 Å². The molecular weight excluding hydrogens is 480 g/mol. The summed E-state index contributed by atoms with van der Waals surface area (Å²) < 4.78 is 6.66. The molecule has 2 aromatic rings. The quantitative estimate of drug-likeness (QED) is 0.462. The number of carbonyl (C=O) groups excluding carboxylic acids is 2. The van der Waals surface area contributed by atoms with Crippen molar-refractivity contribution < 1.29 is 14.3 Å². The highest BCUT2D eigenvalue weighted by Crippen LogP contribution is 2.31. The van der Waals surface area contributed by atoms with E-state index in [1.807, 2.05) is 62.4 Å². The van der Waals surface area contributed by atoms with Crippen LogP contribution in [0.3, 0.4) is 0 Å². The predicted molar refractivity (Wildman–Crippen MR) is 138 cm³/mol. The Hall–Kier alpha value is -2.34. The van der Waals surface area contributed by atoms with Gasteiger partial charge in [0.05, 0.1) is 4.47 Å². The molecule has 2 aromatic carbocycles. The number of halogens is 1. The second kappa shape index (κ2) is 12.2. The first-order chi connectivity index (χ1) is 15.5. The lowest BCUT2D eigenvalue weighted by Crippen LogP contribution is -2.50. The van der Waals surface area contributed by atoms with E-state index in [9.17, 15) is 9.59 Å². The molecule has 1 atom stereocenters. The molecule has 33 heavy (non-hydrogen) atoms. The molecule has 0 bridgehead atoms. The van der Waals surface area contributed by atoms with Crippen LogP contribution in [0.5, 0.6) is 5.75 Å². The molecule has 0 fully saturated rings. The van der Waals surface area contributed by atoms with Gasteiger partial charge >= 0.3 is 0 Å². The topological polar surface area (TPSA) is 58.6 Å². The van der Waals surface area contributed by atoms with E-state index in [4.69, 9.17) is 4.74 Å². The maximum absolute atomic E-state index is 13.2. The largest absolute Gasteiger partial charge is 0.483 e. The van der Waals surface area contributed by atoms with Crippen LogP contribution in [0.25, 0.3) is 0 Å². The van der Waals surface area contributed by atoms with Crippen LogP contribution in [0, 0.1) is 5.92 Å². The normalized spacial score (nSPS) is 12.4. The third-order valence-electron chi connectivity index (χ3n) is 5.49. The summed E-state index contributed by atoms with van der Waals surface area (Å²) in [6.07, 6.45) is 0.665. The Morgan fingerprint density at radius 1 is 1.06 bits per heavy atom. The van der Waals surface area contributed by atoms with Crippen LogP contribution in [0.1, 0.15) is 52.7 Å². The molecule has 1 N–H and O–H groups in total. The summed E-state index contributed by atoms with van der Waals surface area (Å²) >= 11 is 3.56. The molecule has 0 radical (unpaired) electrons. The first-order valence-electron chi connectivity index (χ1n) is 11.5. The maximum atomic E-state index is 13.2. The maximum Gasteiger partial charge on any atom is 0.261 e.